The molecule has 0 unspecified atom stereocenters. The monoisotopic (exact) mass is 225 g/mol. The molecular weight excluding hydrogens is 206 g/mol. The highest BCUT2D eigenvalue weighted by molar-refractivity contribution is 5.70. The first-order valence-corrected chi connectivity index (χ1v) is 5.38. The van der Waals surface area contributed by atoms with Gasteiger partial charge in [0.2, 0.25) is 0 Å². The Kier molecular flexibility index (Phi) is 4.49. The van der Waals surface area contributed by atoms with Crippen molar-refractivity contribution in [3.8, 4) is 0 Å². The molecule has 0 aliphatic heterocycles. The molecule has 0 saturated heterocycles. The van der Waals surface area contributed by atoms with E-state index < -0.39 is 5.60 Å². The van der Waals surface area contributed by atoms with E-state index in [1.54, 1.807) is 12.4 Å². The summed E-state index contributed by atoms with van der Waals surface area (Å²) < 4.78 is 5.17. The largest absolute Gasteiger partial charge is 0.460 e. The SMILES string of the molecule is CC(C)(C)OC(=O)CCNCc1ncc[nH]1. The maximum absolute atomic E-state index is 11.3. The van der Waals surface area contributed by atoms with Crippen molar-refractivity contribution in [1.29, 1.82) is 0 Å². The second-order valence-electron chi connectivity index (χ2n) is 4.55. The number of carbonyl (C=O) groups is 1. The Morgan fingerprint density at radius 2 is 2.31 bits per heavy atom. The molecule has 0 atom stereocenters. The third-order valence-corrected chi connectivity index (χ3v) is 1.77. The van der Waals surface area contributed by atoms with E-state index in [9.17, 15) is 4.79 Å². The van der Waals surface area contributed by atoms with Gasteiger partial charge in [-0.25, -0.2) is 4.98 Å². The van der Waals surface area contributed by atoms with Crippen LogP contribution in [0.2, 0.25) is 0 Å². The summed E-state index contributed by atoms with van der Waals surface area (Å²) >= 11 is 0. The second kappa shape index (κ2) is 5.65. The number of aromatic nitrogens is 2. The first-order chi connectivity index (χ1) is 7.47. The fraction of sp³-hybridized carbons (Fsp3) is 0.636. The number of imidazole rings is 1. The average molecular weight is 225 g/mol. The van der Waals surface area contributed by atoms with E-state index in [4.69, 9.17) is 4.74 Å². The minimum absolute atomic E-state index is 0.181. The van der Waals surface area contributed by atoms with Crippen LogP contribution in [0.3, 0.4) is 0 Å². The number of esters is 1. The zero-order chi connectivity index (χ0) is 12.0. The number of aromatic amines is 1. The molecule has 0 radical (unpaired) electrons. The molecular formula is C11H19N3O2. The number of rotatable bonds is 5. The van der Waals surface area contributed by atoms with Crippen LogP contribution < -0.4 is 5.32 Å². The predicted octanol–water partition coefficient (Wildman–Crippen LogP) is 1.23. The molecule has 0 aliphatic carbocycles. The number of ether oxygens (including phenoxy) is 1. The highest BCUT2D eigenvalue weighted by atomic mass is 16.6. The van der Waals surface area contributed by atoms with Crippen LogP contribution >= 0.6 is 0 Å². The fourth-order valence-corrected chi connectivity index (χ4v) is 1.18. The van der Waals surface area contributed by atoms with E-state index >= 15 is 0 Å². The summed E-state index contributed by atoms with van der Waals surface area (Å²) in [7, 11) is 0. The van der Waals surface area contributed by atoms with Gasteiger partial charge in [0.25, 0.3) is 0 Å². The summed E-state index contributed by atoms with van der Waals surface area (Å²) in [6, 6.07) is 0. The Labute approximate surface area is 95.6 Å². The van der Waals surface area contributed by atoms with E-state index in [0.29, 0.717) is 19.5 Å². The first kappa shape index (κ1) is 12.7. The molecule has 5 nitrogen and oxygen atoms in total. The van der Waals surface area contributed by atoms with Gasteiger partial charge >= 0.3 is 5.97 Å². The molecule has 0 bridgehead atoms. The average Bonchev–Trinajstić information content (AvgIpc) is 2.62. The second-order valence-corrected chi connectivity index (χ2v) is 4.55. The van der Waals surface area contributed by atoms with Gasteiger partial charge < -0.3 is 15.0 Å². The van der Waals surface area contributed by atoms with Gasteiger partial charge in [0.1, 0.15) is 11.4 Å². The molecule has 0 spiro atoms. The normalized spacial score (nSPS) is 11.4. The lowest BCUT2D eigenvalue weighted by Crippen LogP contribution is -2.26. The van der Waals surface area contributed by atoms with Gasteiger partial charge in [-0.2, -0.15) is 0 Å². The molecule has 16 heavy (non-hydrogen) atoms. The standard InChI is InChI=1S/C11H19N3O2/c1-11(2,3)16-10(15)4-5-12-8-9-13-6-7-14-9/h6-7,12H,4-5,8H2,1-3H3,(H,13,14). The number of hydrogen-bond acceptors (Lipinski definition) is 4. The molecule has 1 aromatic heterocycles. The number of carbonyl (C=O) groups excluding carboxylic acids is 1. The van der Waals surface area contributed by atoms with E-state index in [-0.39, 0.29) is 5.97 Å². The van der Waals surface area contributed by atoms with Gasteiger partial charge in [0, 0.05) is 18.9 Å². The van der Waals surface area contributed by atoms with Gasteiger partial charge in [-0.1, -0.05) is 0 Å². The van der Waals surface area contributed by atoms with Crippen molar-refractivity contribution < 1.29 is 9.53 Å². The van der Waals surface area contributed by atoms with Crippen molar-refractivity contribution in [2.75, 3.05) is 6.54 Å². The van der Waals surface area contributed by atoms with Crippen LogP contribution in [-0.4, -0.2) is 28.1 Å². The van der Waals surface area contributed by atoms with Crippen LogP contribution in [0.15, 0.2) is 12.4 Å². The molecule has 2 N–H and O–H groups in total. The number of hydrogen-bond donors (Lipinski definition) is 2. The molecule has 0 saturated carbocycles. The summed E-state index contributed by atoms with van der Waals surface area (Å²) in [4.78, 5) is 18.4. The van der Waals surface area contributed by atoms with Crippen LogP contribution in [0.1, 0.15) is 33.0 Å². The summed E-state index contributed by atoms with van der Waals surface area (Å²) in [6.07, 6.45) is 3.84. The molecule has 0 fully saturated rings. The third-order valence-electron chi connectivity index (χ3n) is 1.77. The van der Waals surface area contributed by atoms with Crippen LogP contribution in [0, 0.1) is 0 Å². The molecule has 0 aromatic carbocycles. The molecule has 1 aromatic rings. The lowest BCUT2D eigenvalue weighted by atomic mass is 10.2. The smallest absolute Gasteiger partial charge is 0.307 e. The zero-order valence-corrected chi connectivity index (χ0v) is 10.0. The van der Waals surface area contributed by atoms with E-state index in [1.165, 1.54) is 0 Å². The lowest BCUT2D eigenvalue weighted by molar-refractivity contribution is -0.154. The van der Waals surface area contributed by atoms with E-state index in [1.807, 2.05) is 20.8 Å². The van der Waals surface area contributed by atoms with E-state index in [0.717, 1.165) is 5.82 Å². The molecule has 5 heteroatoms. The maximum atomic E-state index is 11.3. The van der Waals surface area contributed by atoms with Crippen LogP contribution in [0.4, 0.5) is 0 Å². The Morgan fingerprint density at radius 3 is 2.88 bits per heavy atom. The van der Waals surface area contributed by atoms with Crippen molar-refractivity contribution in [1.82, 2.24) is 15.3 Å². The Morgan fingerprint density at radius 1 is 1.56 bits per heavy atom. The van der Waals surface area contributed by atoms with Gasteiger partial charge in [-0.3, -0.25) is 4.79 Å². The van der Waals surface area contributed by atoms with Crippen molar-refractivity contribution in [2.45, 2.75) is 39.3 Å². The summed E-state index contributed by atoms with van der Waals surface area (Å²) in [5.74, 6) is 0.684. The highest BCUT2D eigenvalue weighted by Gasteiger charge is 2.15. The molecule has 0 amide bonds. The molecule has 0 aliphatic rings. The zero-order valence-electron chi connectivity index (χ0n) is 10.0. The molecule has 90 valence electrons. The van der Waals surface area contributed by atoms with Crippen LogP contribution in [0.25, 0.3) is 0 Å². The van der Waals surface area contributed by atoms with Gasteiger partial charge in [-0.05, 0) is 20.8 Å². The van der Waals surface area contributed by atoms with Crippen LogP contribution in [0.5, 0.6) is 0 Å². The maximum Gasteiger partial charge on any atom is 0.307 e. The quantitative estimate of drug-likeness (QED) is 0.584. The lowest BCUT2D eigenvalue weighted by Gasteiger charge is -2.19. The summed E-state index contributed by atoms with van der Waals surface area (Å²) in [5, 5.41) is 3.11. The Bertz CT molecular complexity index is 314. The number of H-pyrrole nitrogens is 1. The first-order valence-electron chi connectivity index (χ1n) is 5.38. The van der Waals surface area contributed by atoms with E-state index in [2.05, 4.69) is 15.3 Å². The number of nitrogens with zero attached hydrogens (tertiary/aromatic N) is 1. The topological polar surface area (TPSA) is 67.0 Å². The Balaban J connectivity index is 2.09. The predicted molar refractivity (Wildman–Crippen MR) is 60.8 cm³/mol. The van der Waals surface area contributed by atoms with Crippen molar-refractivity contribution in [2.24, 2.45) is 0 Å². The highest BCUT2D eigenvalue weighted by Crippen LogP contribution is 2.07. The third kappa shape index (κ3) is 5.50. The Hall–Kier alpha value is -1.36. The van der Waals surface area contributed by atoms with Crippen molar-refractivity contribution in [3.63, 3.8) is 0 Å². The van der Waals surface area contributed by atoms with Gasteiger partial charge in [-0.15, -0.1) is 0 Å². The van der Waals surface area contributed by atoms with Gasteiger partial charge in [0.05, 0.1) is 13.0 Å². The van der Waals surface area contributed by atoms with Crippen molar-refractivity contribution in [3.05, 3.63) is 18.2 Å². The van der Waals surface area contributed by atoms with Crippen molar-refractivity contribution >= 4 is 5.97 Å². The summed E-state index contributed by atoms with van der Waals surface area (Å²) in [6.45, 7) is 6.81. The van der Waals surface area contributed by atoms with Gasteiger partial charge in [0.15, 0.2) is 0 Å². The molecule has 1 heterocycles. The fourth-order valence-electron chi connectivity index (χ4n) is 1.18. The number of nitrogens with one attached hydrogen (secondary N) is 2. The minimum Gasteiger partial charge on any atom is -0.460 e. The summed E-state index contributed by atoms with van der Waals surface area (Å²) in [5.41, 5.74) is -0.405. The molecule has 1 rings (SSSR count). The minimum atomic E-state index is -0.405. The van der Waals surface area contributed by atoms with Crippen LogP contribution in [-0.2, 0) is 16.1 Å².